The van der Waals surface area contributed by atoms with E-state index in [1.54, 1.807) is 6.92 Å². The van der Waals surface area contributed by atoms with Crippen molar-refractivity contribution in [3.8, 4) is 0 Å². The zero-order valence-electron chi connectivity index (χ0n) is 17.9. The summed E-state index contributed by atoms with van der Waals surface area (Å²) in [6.07, 6.45) is -2.75. The van der Waals surface area contributed by atoms with Crippen molar-refractivity contribution in [3.63, 3.8) is 0 Å². The van der Waals surface area contributed by atoms with Gasteiger partial charge in [-0.15, -0.1) is 0 Å². The first kappa shape index (κ1) is 23.0. The molecule has 0 spiro atoms. The number of nitrogens with one attached hydrogen (secondary N) is 1. The van der Waals surface area contributed by atoms with Gasteiger partial charge in [0.05, 0.1) is 29.6 Å². The van der Waals surface area contributed by atoms with E-state index < -0.39 is 47.2 Å². The monoisotopic (exact) mass is 466 g/mol. The lowest BCUT2D eigenvalue weighted by Gasteiger charge is -2.28. The maximum atomic E-state index is 14.6. The zero-order chi connectivity index (χ0) is 23.9. The highest BCUT2D eigenvalue weighted by atomic mass is 19.3. The smallest absolute Gasteiger partial charge is 0.274 e. The molecule has 0 amide bonds. The third-order valence-corrected chi connectivity index (χ3v) is 5.83. The van der Waals surface area contributed by atoms with Gasteiger partial charge < -0.3 is 14.6 Å². The van der Waals surface area contributed by atoms with Gasteiger partial charge in [0.25, 0.3) is 17.5 Å². The van der Waals surface area contributed by atoms with Gasteiger partial charge in [-0.2, -0.15) is 5.10 Å². The van der Waals surface area contributed by atoms with Crippen LogP contribution in [0, 0.1) is 5.82 Å². The molecule has 1 aliphatic heterocycles. The largest absolute Gasteiger partial charge is 0.378 e. The van der Waals surface area contributed by atoms with Crippen LogP contribution in [0.2, 0.25) is 0 Å². The van der Waals surface area contributed by atoms with Gasteiger partial charge in [-0.1, -0.05) is 18.2 Å². The summed E-state index contributed by atoms with van der Waals surface area (Å²) in [5.74, 6) is -0.918. The average Bonchev–Trinajstić information content (AvgIpc) is 2.77. The van der Waals surface area contributed by atoms with E-state index in [1.165, 1.54) is 29.9 Å². The van der Waals surface area contributed by atoms with Crippen molar-refractivity contribution in [1.29, 1.82) is 0 Å². The zero-order valence-corrected chi connectivity index (χ0v) is 17.9. The number of nitrogens with zero attached hydrogens (tertiary/aromatic N) is 3. The molecule has 7 nitrogen and oxygen atoms in total. The fourth-order valence-corrected chi connectivity index (χ4v) is 4.06. The number of hydrogen-bond donors (Lipinski definition) is 1. The Hall–Kier alpha value is -3.21. The number of rotatable bonds is 5. The lowest BCUT2D eigenvalue weighted by molar-refractivity contribution is 0.00247. The van der Waals surface area contributed by atoms with Gasteiger partial charge in [-0.05, 0) is 13.3 Å². The minimum Gasteiger partial charge on any atom is -0.378 e. The van der Waals surface area contributed by atoms with Crippen LogP contribution >= 0.6 is 0 Å². The highest BCUT2D eigenvalue weighted by Crippen LogP contribution is 2.30. The maximum Gasteiger partial charge on any atom is 0.274 e. The SMILES string of the molecule is CC(Nc1nn(C)c(=O)c2cc(=O)n([C@@H]3CCOC[C@@H]3F)cc12)c1cccc(C(F)F)c1F. The van der Waals surface area contributed by atoms with Gasteiger partial charge in [-0.25, -0.2) is 22.2 Å². The number of anilines is 1. The number of aryl methyl sites for hydroxylation is 1. The summed E-state index contributed by atoms with van der Waals surface area (Å²) in [4.78, 5) is 25.3. The van der Waals surface area contributed by atoms with Crippen molar-refractivity contribution in [3.05, 3.63) is 68.1 Å². The van der Waals surface area contributed by atoms with Crippen molar-refractivity contribution in [2.24, 2.45) is 7.05 Å². The molecule has 3 atom stereocenters. The Morgan fingerprint density at radius 3 is 2.64 bits per heavy atom. The Bertz CT molecular complexity index is 1310. The number of halogens is 4. The predicted octanol–water partition coefficient (Wildman–Crippen LogP) is 3.64. The summed E-state index contributed by atoms with van der Waals surface area (Å²) in [5, 5.41) is 7.40. The Balaban J connectivity index is 1.81. The quantitative estimate of drug-likeness (QED) is 0.581. The molecule has 3 aromatic rings. The third-order valence-electron chi connectivity index (χ3n) is 5.83. The van der Waals surface area contributed by atoms with E-state index >= 15 is 0 Å². The molecule has 0 radical (unpaired) electrons. The number of alkyl halides is 3. The number of fused-ring (bicyclic) bond motifs is 1. The summed E-state index contributed by atoms with van der Waals surface area (Å²) >= 11 is 0. The van der Waals surface area contributed by atoms with Crippen LogP contribution in [0.25, 0.3) is 10.8 Å². The fourth-order valence-electron chi connectivity index (χ4n) is 4.06. The van der Waals surface area contributed by atoms with Crippen LogP contribution in [0.3, 0.4) is 0 Å². The molecule has 33 heavy (non-hydrogen) atoms. The molecule has 1 aromatic carbocycles. The van der Waals surface area contributed by atoms with Gasteiger partial charge in [0, 0.05) is 36.9 Å². The summed E-state index contributed by atoms with van der Waals surface area (Å²) in [5.41, 5.74) is -1.82. The van der Waals surface area contributed by atoms with Gasteiger partial charge in [0.1, 0.15) is 12.0 Å². The van der Waals surface area contributed by atoms with E-state index in [-0.39, 0.29) is 41.8 Å². The molecule has 1 unspecified atom stereocenters. The minimum absolute atomic E-state index is 0.0156. The van der Waals surface area contributed by atoms with Crippen molar-refractivity contribution >= 4 is 16.6 Å². The van der Waals surface area contributed by atoms with Crippen LogP contribution in [-0.4, -0.2) is 33.7 Å². The Labute approximate surface area is 185 Å². The molecule has 1 fully saturated rings. The first-order chi connectivity index (χ1) is 15.7. The normalized spacial score (nSPS) is 19.7. The molecule has 4 rings (SSSR count). The molecule has 0 saturated carbocycles. The van der Waals surface area contributed by atoms with Crippen LogP contribution in [0.15, 0.2) is 40.1 Å². The number of ether oxygens (including phenoxy) is 1. The average molecular weight is 466 g/mol. The highest BCUT2D eigenvalue weighted by Gasteiger charge is 2.28. The van der Waals surface area contributed by atoms with E-state index in [0.717, 1.165) is 16.8 Å². The lowest BCUT2D eigenvalue weighted by atomic mass is 10.0. The van der Waals surface area contributed by atoms with Gasteiger partial charge in [0.15, 0.2) is 5.82 Å². The first-order valence-electron chi connectivity index (χ1n) is 10.4. The van der Waals surface area contributed by atoms with E-state index in [4.69, 9.17) is 4.74 Å². The molecule has 1 N–H and O–H groups in total. The summed E-state index contributed by atoms with van der Waals surface area (Å²) < 4.78 is 62.6. The third kappa shape index (κ3) is 4.24. The predicted molar refractivity (Wildman–Crippen MR) is 114 cm³/mol. The summed E-state index contributed by atoms with van der Waals surface area (Å²) in [6, 6.07) is 3.24. The van der Waals surface area contributed by atoms with Gasteiger partial charge >= 0.3 is 0 Å². The molecule has 11 heteroatoms. The van der Waals surface area contributed by atoms with E-state index in [9.17, 15) is 27.2 Å². The molecule has 2 aromatic heterocycles. The van der Waals surface area contributed by atoms with Crippen LogP contribution in [0.1, 0.15) is 43.0 Å². The molecule has 176 valence electrons. The number of benzene rings is 1. The van der Waals surface area contributed by atoms with E-state index in [2.05, 4.69) is 10.4 Å². The van der Waals surface area contributed by atoms with Crippen molar-refractivity contribution in [2.75, 3.05) is 18.5 Å². The molecule has 0 aliphatic carbocycles. The van der Waals surface area contributed by atoms with Crippen LogP contribution in [0.4, 0.5) is 23.4 Å². The topological polar surface area (TPSA) is 78.2 Å². The van der Waals surface area contributed by atoms with Gasteiger partial charge in [-0.3, -0.25) is 9.59 Å². The Kier molecular flexibility index (Phi) is 6.24. The molecule has 1 aliphatic rings. The minimum atomic E-state index is -2.98. The van der Waals surface area contributed by atoms with Crippen molar-refractivity contribution < 1.29 is 22.3 Å². The highest BCUT2D eigenvalue weighted by molar-refractivity contribution is 5.90. The van der Waals surface area contributed by atoms with Crippen LogP contribution in [0.5, 0.6) is 0 Å². The Morgan fingerprint density at radius 1 is 1.21 bits per heavy atom. The molecule has 1 saturated heterocycles. The summed E-state index contributed by atoms with van der Waals surface area (Å²) in [6.45, 7) is 1.69. The lowest BCUT2D eigenvalue weighted by Crippen LogP contribution is -2.37. The van der Waals surface area contributed by atoms with E-state index in [1.807, 2.05) is 0 Å². The van der Waals surface area contributed by atoms with Gasteiger partial charge in [0.2, 0.25) is 0 Å². The number of aromatic nitrogens is 3. The second-order valence-corrected chi connectivity index (χ2v) is 7.99. The maximum absolute atomic E-state index is 14.6. The molecule has 0 bridgehead atoms. The first-order valence-corrected chi connectivity index (χ1v) is 10.4. The Morgan fingerprint density at radius 2 is 1.94 bits per heavy atom. The van der Waals surface area contributed by atoms with Crippen LogP contribution in [-0.2, 0) is 11.8 Å². The van der Waals surface area contributed by atoms with Crippen molar-refractivity contribution in [2.45, 2.75) is 38.0 Å². The molecular formula is C22H22F4N4O3. The molecule has 3 heterocycles. The standard InChI is InChI=1S/C22H22F4N4O3/c1-11(12-4-3-5-13(19(12)24)20(25)26)27-21-15-9-30(17-6-7-33-10-16(17)23)18(31)8-14(15)22(32)29(2)28-21/h3-5,8-9,11,16-17,20H,6-7,10H2,1-2H3,(H,27,28)/t11?,16-,17+/m0/s1. The number of pyridine rings is 1. The fraction of sp³-hybridized carbons (Fsp3) is 0.409. The second kappa shape index (κ2) is 8.97. The van der Waals surface area contributed by atoms with Crippen LogP contribution < -0.4 is 16.4 Å². The number of hydrogen-bond acceptors (Lipinski definition) is 5. The summed E-state index contributed by atoms with van der Waals surface area (Å²) in [7, 11) is 1.39. The van der Waals surface area contributed by atoms with E-state index in [0.29, 0.717) is 0 Å². The van der Waals surface area contributed by atoms with Crippen molar-refractivity contribution in [1.82, 2.24) is 14.3 Å². The molecular weight excluding hydrogens is 444 g/mol. The second-order valence-electron chi connectivity index (χ2n) is 7.99.